The van der Waals surface area contributed by atoms with E-state index in [0.717, 1.165) is 18.7 Å². The highest BCUT2D eigenvalue weighted by Gasteiger charge is 2.14. The smallest absolute Gasteiger partial charge is 0.323 e. The second-order valence-corrected chi connectivity index (χ2v) is 11.9. The van der Waals surface area contributed by atoms with Gasteiger partial charge in [0.05, 0.1) is 16.3 Å². The summed E-state index contributed by atoms with van der Waals surface area (Å²) in [5, 5.41) is 26.6. The van der Waals surface area contributed by atoms with Crippen molar-refractivity contribution in [1.29, 1.82) is 5.41 Å². The number of amides is 3. The lowest BCUT2D eigenvalue weighted by Gasteiger charge is -2.19. The van der Waals surface area contributed by atoms with Crippen molar-refractivity contribution in [2.24, 2.45) is 5.73 Å². The Labute approximate surface area is 261 Å². The third-order valence-corrected chi connectivity index (χ3v) is 7.30. The molecule has 4 aromatic rings. The first-order valence-electron chi connectivity index (χ1n) is 13.5. The van der Waals surface area contributed by atoms with Gasteiger partial charge < -0.3 is 32.1 Å². The molecule has 0 aliphatic rings. The van der Waals surface area contributed by atoms with E-state index in [1.807, 2.05) is 37.3 Å². The van der Waals surface area contributed by atoms with E-state index in [1.54, 1.807) is 54.6 Å². The van der Waals surface area contributed by atoms with Crippen LogP contribution in [0, 0.1) is 5.41 Å². The molecule has 0 heterocycles. The van der Waals surface area contributed by atoms with Crippen molar-refractivity contribution in [3.63, 3.8) is 0 Å². The Bertz CT molecular complexity index is 1790. The van der Waals surface area contributed by atoms with Crippen LogP contribution in [0.25, 0.3) is 0 Å². The van der Waals surface area contributed by atoms with E-state index in [0.29, 0.717) is 33.9 Å². The van der Waals surface area contributed by atoms with Gasteiger partial charge in [-0.25, -0.2) is 13.2 Å². The third kappa shape index (κ3) is 10.5. The molecule has 3 amide bonds. The minimum Gasteiger partial charge on any atom is -0.481 e. The SMILES string of the molecule is CC(=O)O.CC(Nc1ccccc1NC(=O)Nc1ccc(C(=N)N)cc1)c1ccc(C(=O)Nc2cccc(S(C)(=O)=O)c2)cc1. The number of carbonyl (C=O) groups excluding carboxylic acids is 2. The van der Waals surface area contributed by atoms with Crippen LogP contribution in [0.5, 0.6) is 0 Å². The number of rotatable bonds is 9. The first kappa shape index (κ1) is 33.8. The highest BCUT2D eigenvalue weighted by atomic mass is 32.2. The van der Waals surface area contributed by atoms with Gasteiger partial charge in [-0.1, -0.05) is 30.3 Å². The lowest BCUT2D eigenvalue weighted by molar-refractivity contribution is -0.134. The monoisotopic (exact) mass is 630 g/mol. The van der Waals surface area contributed by atoms with E-state index in [2.05, 4.69) is 21.3 Å². The Morgan fingerprint density at radius 3 is 1.93 bits per heavy atom. The number of sulfone groups is 1. The molecule has 0 aliphatic carbocycles. The summed E-state index contributed by atoms with van der Waals surface area (Å²) >= 11 is 0. The molecule has 0 fully saturated rings. The topological polar surface area (TPSA) is 204 Å². The number of urea groups is 1. The minimum absolute atomic E-state index is 0.0507. The van der Waals surface area contributed by atoms with Crippen LogP contribution >= 0.6 is 0 Å². The molecule has 4 rings (SSSR count). The fourth-order valence-corrected chi connectivity index (χ4v) is 4.65. The van der Waals surface area contributed by atoms with Crippen molar-refractivity contribution in [2.75, 3.05) is 27.5 Å². The van der Waals surface area contributed by atoms with E-state index < -0.39 is 21.8 Å². The molecule has 0 aromatic heterocycles. The summed E-state index contributed by atoms with van der Waals surface area (Å²) in [7, 11) is -3.39. The molecule has 13 heteroatoms. The Kier molecular flexibility index (Phi) is 11.4. The third-order valence-electron chi connectivity index (χ3n) is 6.19. The van der Waals surface area contributed by atoms with Crippen LogP contribution < -0.4 is 27.0 Å². The first-order valence-corrected chi connectivity index (χ1v) is 15.4. The van der Waals surface area contributed by atoms with Crippen LogP contribution in [0.4, 0.5) is 27.5 Å². The first-order chi connectivity index (χ1) is 21.2. The van der Waals surface area contributed by atoms with Crippen molar-refractivity contribution < 1.29 is 27.9 Å². The quantitative estimate of drug-likeness (QED) is 0.0922. The van der Waals surface area contributed by atoms with Crippen LogP contribution in [-0.4, -0.2) is 43.5 Å². The Hall–Kier alpha value is -5.69. The van der Waals surface area contributed by atoms with Gasteiger partial charge in [-0.2, -0.15) is 0 Å². The zero-order valence-corrected chi connectivity index (χ0v) is 25.6. The molecule has 8 N–H and O–H groups in total. The Morgan fingerprint density at radius 1 is 0.778 bits per heavy atom. The fourth-order valence-electron chi connectivity index (χ4n) is 3.98. The van der Waals surface area contributed by atoms with E-state index in [4.69, 9.17) is 21.0 Å². The second-order valence-electron chi connectivity index (χ2n) is 9.88. The van der Waals surface area contributed by atoms with Crippen LogP contribution in [0.15, 0.2) is 102 Å². The summed E-state index contributed by atoms with van der Waals surface area (Å²) in [6, 6.07) is 26.5. The molecule has 0 radical (unpaired) electrons. The van der Waals surface area contributed by atoms with E-state index in [1.165, 1.54) is 12.1 Å². The van der Waals surface area contributed by atoms with Gasteiger partial charge in [0.1, 0.15) is 5.84 Å². The van der Waals surface area contributed by atoms with Gasteiger partial charge in [0.2, 0.25) is 0 Å². The highest BCUT2D eigenvalue weighted by Crippen LogP contribution is 2.27. The van der Waals surface area contributed by atoms with Crippen LogP contribution in [0.2, 0.25) is 0 Å². The Balaban J connectivity index is 0.00000130. The number of aliphatic carboxylic acids is 1. The molecule has 0 spiro atoms. The number of hydrogen-bond acceptors (Lipinski definition) is 7. The number of carboxylic acids is 1. The summed E-state index contributed by atoms with van der Waals surface area (Å²) in [6.45, 7) is 3.04. The largest absolute Gasteiger partial charge is 0.481 e. The molecule has 12 nitrogen and oxygen atoms in total. The molecule has 1 unspecified atom stereocenters. The van der Waals surface area contributed by atoms with Gasteiger partial charge in [-0.15, -0.1) is 0 Å². The molecule has 4 aromatic carbocycles. The molecule has 0 saturated carbocycles. The predicted octanol–water partition coefficient (Wildman–Crippen LogP) is 5.53. The number of para-hydroxylation sites is 2. The number of nitrogens with two attached hydrogens (primary N) is 1. The molecular formula is C32H34N6O6S. The summed E-state index contributed by atoms with van der Waals surface area (Å²) in [5.74, 6) is -1.25. The van der Waals surface area contributed by atoms with Crippen molar-refractivity contribution in [3.8, 4) is 0 Å². The number of nitrogens with one attached hydrogen (secondary N) is 5. The van der Waals surface area contributed by atoms with Gasteiger partial charge in [0, 0.05) is 41.7 Å². The number of hydrogen-bond donors (Lipinski definition) is 7. The molecule has 1 atom stereocenters. The molecule has 0 saturated heterocycles. The zero-order valence-electron chi connectivity index (χ0n) is 24.8. The minimum atomic E-state index is -3.39. The number of carbonyl (C=O) groups is 3. The molecule has 234 valence electrons. The van der Waals surface area contributed by atoms with Crippen LogP contribution in [-0.2, 0) is 14.6 Å². The molecule has 45 heavy (non-hydrogen) atoms. The van der Waals surface area contributed by atoms with Gasteiger partial charge in [0.25, 0.3) is 11.9 Å². The number of benzene rings is 4. The summed E-state index contributed by atoms with van der Waals surface area (Å²) in [5.41, 5.74) is 9.58. The second kappa shape index (κ2) is 15.2. The predicted molar refractivity (Wildman–Crippen MR) is 176 cm³/mol. The molecule has 0 aliphatic heterocycles. The highest BCUT2D eigenvalue weighted by molar-refractivity contribution is 7.90. The van der Waals surface area contributed by atoms with E-state index >= 15 is 0 Å². The normalized spacial score (nSPS) is 11.2. The van der Waals surface area contributed by atoms with Crippen molar-refractivity contribution in [3.05, 3.63) is 114 Å². The van der Waals surface area contributed by atoms with Gasteiger partial charge in [0.15, 0.2) is 9.84 Å². The maximum absolute atomic E-state index is 12.7. The summed E-state index contributed by atoms with van der Waals surface area (Å²) in [4.78, 5) is 34.5. The maximum atomic E-state index is 12.7. The van der Waals surface area contributed by atoms with E-state index in [-0.39, 0.29) is 22.7 Å². The Morgan fingerprint density at radius 2 is 1.36 bits per heavy atom. The number of nitrogen functional groups attached to an aromatic ring is 1. The summed E-state index contributed by atoms with van der Waals surface area (Å²) < 4.78 is 23.6. The number of anilines is 4. The van der Waals surface area contributed by atoms with Crippen molar-refractivity contribution in [1.82, 2.24) is 0 Å². The van der Waals surface area contributed by atoms with Gasteiger partial charge >= 0.3 is 6.03 Å². The van der Waals surface area contributed by atoms with E-state index in [9.17, 15) is 18.0 Å². The molecule has 0 bridgehead atoms. The number of amidine groups is 1. The standard InChI is InChI=1S/C30H30N6O4S.C2H4O2/c1-19(20-10-12-22(13-11-20)29(37)34-24-6-5-7-25(18-24)41(2,39)40)33-26-8-3-4-9-27(26)36-30(38)35-23-16-14-21(15-17-23)28(31)32;1-2(3)4/h3-19,33H,1-2H3,(H3,31,32)(H,34,37)(H2,35,36,38);1H3,(H,3,4). The van der Waals surface area contributed by atoms with Gasteiger partial charge in [-0.3, -0.25) is 15.0 Å². The van der Waals surface area contributed by atoms with Gasteiger partial charge in [-0.05, 0) is 79.2 Å². The lowest BCUT2D eigenvalue weighted by atomic mass is 10.0. The fraction of sp³-hybridized carbons (Fsp3) is 0.125. The number of carboxylic acid groups (broad SMARTS) is 1. The maximum Gasteiger partial charge on any atom is 0.323 e. The molecular weight excluding hydrogens is 596 g/mol. The lowest BCUT2D eigenvalue weighted by Crippen LogP contribution is -2.21. The summed E-state index contributed by atoms with van der Waals surface area (Å²) in [6.07, 6.45) is 1.11. The van der Waals surface area contributed by atoms with Crippen LogP contribution in [0.1, 0.15) is 41.4 Å². The zero-order chi connectivity index (χ0) is 33.1. The van der Waals surface area contributed by atoms with Crippen molar-refractivity contribution in [2.45, 2.75) is 24.8 Å². The average Bonchev–Trinajstić information content (AvgIpc) is 2.98. The van der Waals surface area contributed by atoms with Crippen molar-refractivity contribution >= 4 is 56.3 Å². The average molecular weight is 631 g/mol. The van der Waals surface area contributed by atoms with Crippen LogP contribution in [0.3, 0.4) is 0 Å².